The van der Waals surface area contributed by atoms with Crippen molar-refractivity contribution in [1.82, 2.24) is 19.8 Å². The molecule has 0 aromatic carbocycles. The number of nitrogens with zero attached hydrogens (tertiary/aromatic N) is 4. The summed E-state index contributed by atoms with van der Waals surface area (Å²) in [4.78, 5) is 26.4. The van der Waals surface area contributed by atoms with E-state index in [1.54, 1.807) is 0 Å². The number of amides is 1. The van der Waals surface area contributed by atoms with Crippen LogP contribution >= 0.6 is 0 Å². The van der Waals surface area contributed by atoms with Gasteiger partial charge in [-0.25, -0.2) is 9.97 Å². The van der Waals surface area contributed by atoms with Crippen LogP contribution in [0.4, 0.5) is 0 Å². The quantitative estimate of drug-likeness (QED) is 0.770. The molecule has 0 atom stereocenters. The molecule has 2 saturated heterocycles. The number of carbonyl (C=O) groups is 1. The molecule has 1 aromatic rings. The summed E-state index contributed by atoms with van der Waals surface area (Å²) in [6, 6.07) is 0. The van der Waals surface area contributed by atoms with Crippen LogP contribution in [0.25, 0.3) is 0 Å². The monoisotopic (exact) mass is 384 g/mol. The lowest BCUT2D eigenvalue weighted by Crippen LogP contribution is -2.41. The third kappa shape index (κ3) is 4.56. The van der Waals surface area contributed by atoms with Gasteiger partial charge in [0.05, 0.1) is 0 Å². The van der Waals surface area contributed by atoms with Crippen molar-refractivity contribution in [3.05, 3.63) is 23.8 Å². The Balaban J connectivity index is 1.28. The molecule has 0 unspecified atom stereocenters. The minimum atomic E-state index is 0.226. The lowest BCUT2D eigenvalue weighted by molar-refractivity contribution is -0.128. The summed E-state index contributed by atoms with van der Waals surface area (Å²) in [6.07, 6.45) is 13.6. The number of hydrogen-bond donors (Lipinski definition) is 0. The topological polar surface area (TPSA) is 49.3 Å². The SMILES string of the molecule is CC(C)CN1CC2(CCN(Cc3cnc(C4CCCCC4)nc3)CC2)CC1=O. The van der Waals surface area contributed by atoms with Gasteiger partial charge in [0.25, 0.3) is 0 Å². The maximum atomic E-state index is 12.4. The molecule has 2 aliphatic heterocycles. The van der Waals surface area contributed by atoms with Crippen molar-refractivity contribution in [3.8, 4) is 0 Å². The van der Waals surface area contributed by atoms with Gasteiger partial charge < -0.3 is 4.90 Å². The van der Waals surface area contributed by atoms with E-state index in [1.165, 1.54) is 37.7 Å². The van der Waals surface area contributed by atoms with Crippen molar-refractivity contribution in [3.63, 3.8) is 0 Å². The van der Waals surface area contributed by atoms with E-state index in [-0.39, 0.29) is 5.41 Å². The summed E-state index contributed by atoms with van der Waals surface area (Å²) in [5.74, 6) is 2.55. The highest BCUT2D eigenvalue weighted by Gasteiger charge is 2.44. The van der Waals surface area contributed by atoms with Crippen molar-refractivity contribution in [2.75, 3.05) is 26.2 Å². The number of carbonyl (C=O) groups excluding carboxylic acids is 1. The highest BCUT2D eigenvalue weighted by Crippen LogP contribution is 2.41. The van der Waals surface area contributed by atoms with Crippen LogP contribution in [0.1, 0.15) is 82.5 Å². The number of likely N-dealkylation sites (tertiary alicyclic amines) is 2. The third-order valence-corrected chi connectivity index (χ3v) is 7.01. The van der Waals surface area contributed by atoms with E-state index in [0.717, 1.165) is 57.8 Å². The van der Waals surface area contributed by atoms with Gasteiger partial charge in [0, 0.05) is 49.9 Å². The van der Waals surface area contributed by atoms with E-state index >= 15 is 0 Å². The maximum Gasteiger partial charge on any atom is 0.223 e. The van der Waals surface area contributed by atoms with E-state index in [1.807, 2.05) is 12.4 Å². The Morgan fingerprint density at radius 1 is 1.11 bits per heavy atom. The summed E-state index contributed by atoms with van der Waals surface area (Å²) >= 11 is 0. The first kappa shape index (κ1) is 19.8. The Hall–Kier alpha value is -1.49. The van der Waals surface area contributed by atoms with E-state index < -0.39 is 0 Å². The molecule has 3 heterocycles. The Labute approximate surface area is 169 Å². The van der Waals surface area contributed by atoms with Gasteiger partial charge in [0.2, 0.25) is 5.91 Å². The zero-order valence-electron chi connectivity index (χ0n) is 17.7. The van der Waals surface area contributed by atoms with Gasteiger partial charge in [-0.2, -0.15) is 0 Å². The minimum Gasteiger partial charge on any atom is -0.342 e. The van der Waals surface area contributed by atoms with Crippen molar-refractivity contribution < 1.29 is 4.79 Å². The van der Waals surface area contributed by atoms with Crippen molar-refractivity contribution >= 4 is 5.91 Å². The normalized spacial score (nSPS) is 23.8. The fraction of sp³-hybridized carbons (Fsp3) is 0.783. The minimum absolute atomic E-state index is 0.226. The van der Waals surface area contributed by atoms with Crippen LogP contribution in [0.3, 0.4) is 0 Å². The zero-order chi connectivity index (χ0) is 19.6. The maximum absolute atomic E-state index is 12.4. The Morgan fingerprint density at radius 2 is 1.79 bits per heavy atom. The lowest BCUT2D eigenvalue weighted by atomic mass is 9.77. The van der Waals surface area contributed by atoms with Crippen LogP contribution in [0.15, 0.2) is 12.4 Å². The molecule has 3 fully saturated rings. The van der Waals surface area contributed by atoms with Crippen LogP contribution in [0.2, 0.25) is 0 Å². The number of hydrogen-bond acceptors (Lipinski definition) is 4. The molecule has 1 amide bonds. The second-order valence-corrected chi connectivity index (χ2v) is 9.91. The molecule has 1 saturated carbocycles. The van der Waals surface area contributed by atoms with Gasteiger partial charge in [-0.1, -0.05) is 33.1 Å². The van der Waals surface area contributed by atoms with Crippen molar-refractivity contribution in [2.24, 2.45) is 11.3 Å². The van der Waals surface area contributed by atoms with E-state index in [4.69, 9.17) is 9.97 Å². The second-order valence-electron chi connectivity index (χ2n) is 9.91. The molecule has 0 radical (unpaired) electrons. The molecule has 1 aromatic heterocycles. The number of piperidine rings is 1. The van der Waals surface area contributed by atoms with Gasteiger partial charge in [-0.3, -0.25) is 9.69 Å². The second kappa shape index (κ2) is 8.48. The Morgan fingerprint density at radius 3 is 2.43 bits per heavy atom. The third-order valence-electron chi connectivity index (χ3n) is 7.01. The first-order valence-corrected chi connectivity index (χ1v) is 11.3. The van der Waals surface area contributed by atoms with Crippen molar-refractivity contribution in [1.29, 1.82) is 0 Å². The highest BCUT2D eigenvalue weighted by molar-refractivity contribution is 5.79. The molecule has 4 rings (SSSR count). The fourth-order valence-electron chi connectivity index (χ4n) is 5.39. The number of aromatic nitrogens is 2. The van der Waals surface area contributed by atoms with Crippen LogP contribution in [-0.4, -0.2) is 51.9 Å². The Kier molecular flexibility index (Phi) is 6.00. The molecule has 1 aliphatic carbocycles. The molecular weight excluding hydrogens is 348 g/mol. The van der Waals surface area contributed by atoms with Crippen LogP contribution in [0.5, 0.6) is 0 Å². The molecular formula is C23H36N4O. The molecule has 0 N–H and O–H groups in total. The molecule has 0 bridgehead atoms. The predicted molar refractivity (Wildman–Crippen MR) is 111 cm³/mol. The van der Waals surface area contributed by atoms with E-state index in [2.05, 4.69) is 23.6 Å². The van der Waals surface area contributed by atoms with Gasteiger partial charge in [-0.05, 0) is 50.1 Å². The van der Waals surface area contributed by atoms with Gasteiger partial charge in [0.1, 0.15) is 5.82 Å². The van der Waals surface area contributed by atoms with Gasteiger partial charge >= 0.3 is 0 Å². The highest BCUT2D eigenvalue weighted by atomic mass is 16.2. The first-order valence-electron chi connectivity index (χ1n) is 11.3. The van der Waals surface area contributed by atoms with Gasteiger partial charge in [0.15, 0.2) is 0 Å². The average Bonchev–Trinajstić information content (AvgIpc) is 2.99. The molecule has 5 nitrogen and oxygen atoms in total. The van der Waals surface area contributed by atoms with Crippen LogP contribution < -0.4 is 0 Å². The van der Waals surface area contributed by atoms with Gasteiger partial charge in [-0.15, -0.1) is 0 Å². The number of rotatable bonds is 5. The first-order chi connectivity index (χ1) is 13.5. The summed E-state index contributed by atoms with van der Waals surface area (Å²) in [7, 11) is 0. The summed E-state index contributed by atoms with van der Waals surface area (Å²) in [5, 5.41) is 0. The largest absolute Gasteiger partial charge is 0.342 e. The predicted octanol–water partition coefficient (Wildman–Crippen LogP) is 3.99. The molecule has 5 heteroatoms. The Bertz CT molecular complexity index is 658. The molecule has 3 aliphatic rings. The smallest absolute Gasteiger partial charge is 0.223 e. The molecule has 154 valence electrons. The summed E-state index contributed by atoms with van der Waals surface area (Å²) in [6.45, 7) is 9.36. The van der Waals surface area contributed by atoms with E-state index in [9.17, 15) is 4.79 Å². The molecule has 28 heavy (non-hydrogen) atoms. The van der Waals surface area contributed by atoms with Crippen molar-refractivity contribution in [2.45, 2.75) is 77.7 Å². The summed E-state index contributed by atoms with van der Waals surface area (Å²) in [5.41, 5.74) is 1.45. The molecule has 1 spiro atoms. The average molecular weight is 385 g/mol. The van der Waals surface area contributed by atoms with E-state index in [0.29, 0.717) is 17.7 Å². The van der Waals surface area contributed by atoms with Crippen LogP contribution in [-0.2, 0) is 11.3 Å². The van der Waals surface area contributed by atoms with Crippen LogP contribution in [0, 0.1) is 11.3 Å². The summed E-state index contributed by atoms with van der Waals surface area (Å²) < 4.78 is 0. The fourth-order valence-corrected chi connectivity index (χ4v) is 5.39. The lowest BCUT2D eigenvalue weighted by Gasteiger charge is -2.39. The zero-order valence-corrected chi connectivity index (χ0v) is 17.7. The standard InChI is InChI=1S/C23H36N4O/c1-18(2)15-27-17-23(12-21(27)28)8-10-26(11-9-23)16-19-13-24-22(25-14-19)20-6-4-3-5-7-20/h13-14,18,20H,3-12,15-17H2,1-2H3.